The van der Waals surface area contributed by atoms with Gasteiger partial charge in [-0.2, -0.15) is 0 Å². The van der Waals surface area contributed by atoms with E-state index in [1.807, 2.05) is 0 Å². The standard InChI is InChI=1S/C7H7N2O2/c8-6(10)5-9-4-2-1-3-7(9)11/h1-4,8H,5H2. The second-order valence-corrected chi connectivity index (χ2v) is 2.09. The zero-order valence-corrected chi connectivity index (χ0v) is 5.78. The molecule has 0 fully saturated rings. The number of aromatic nitrogens is 1. The second kappa shape index (κ2) is 3.01. The van der Waals surface area contributed by atoms with Crippen LogP contribution in [0.3, 0.4) is 0 Å². The number of carbonyl (C=O) groups excluding carboxylic acids is 1. The first-order valence-electron chi connectivity index (χ1n) is 3.10. The molecule has 1 N–H and O–H groups in total. The van der Waals surface area contributed by atoms with E-state index in [1.165, 1.54) is 16.8 Å². The van der Waals surface area contributed by atoms with Gasteiger partial charge in [0, 0.05) is 12.3 Å². The Balaban J connectivity index is 2.95. The molecule has 1 radical (unpaired) electrons. The second-order valence-electron chi connectivity index (χ2n) is 2.09. The van der Waals surface area contributed by atoms with Gasteiger partial charge in [-0.15, -0.1) is 0 Å². The molecule has 1 rings (SSSR count). The lowest BCUT2D eigenvalue weighted by Gasteiger charge is -1.98. The van der Waals surface area contributed by atoms with Crippen LogP contribution in [0, 0.1) is 0 Å². The average molecular weight is 151 g/mol. The summed E-state index contributed by atoms with van der Waals surface area (Å²) in [5.74, 6) is -0.765. The summed E-state index contributed by atoms with van der Waals surface area (Å²) in [7, 11) is 0. The lowest BCUT2D eigenvalue weighted by Crippen LogP contribution is -2.22. The van der Waals surface area contributed by atoms with Crippen LogP contribution in [0.25, 0.3) is 0 Å². The molecule has 0 saturated carbocycles. The fraction of sp³-hybridized carbons (Fsp3) is 0.143. The Morgan fingerprint density at radius 3 is 2.82 bits per heavy atom. The van der Waals surface area contributed by atoms with Crippen LogP contribution < -0.4 is 11.3 Å². The van der Waals surface area contributed by atoms with E-state index >= 15 is 0 Å². The highest BCUT2D eigenvalue weighted by atomic mass is 16.2. The van der Waals surface area contributed by atoms with Gasteiger partial charge in [0.25, 0.3) is 11.5 Å². The van der Waals surface area contributed by atoms with Gasteiger partial charge in [-0.05, 0) is 6.07 Å². The summed E-state index contributed by atoms with van der Waals surface area (Å²) in [4.78, 5) is 21.2. The lowest BCUT2D eigenvalue weighted by molar-refractivity contribution is -0.119. The topological polar surface area (TPSA) is 62.9 Å². The van der Waals surface area contributed by atoms with Gasteiger partial charge in [0.1, 0.15) is 6.54 Å². The number of carbonyl (C=O) groups is 1. The van der Waals surface area contributed by atoms with E-state index in [2.05, 4.69) is 0 Å². The molecule has 4 heteroatoms. The third kappa shape index (κ3) is 1.93. The van der Waals surface area contributed by atoms with Crippen molar-refractivity contribution < 1.29 is 4.79 Å². The van der Waals surface area contributed by atoms with E-state index in [0.29, 0.717) is 0 Å². The highest BCUT2D eigenvalue weighted by Gasteiger charge is 1.97. The van der Waals surface area contributed by atoms with Gasteiger partial charge < -0.3 is 4.57 Å². The largest absolute Gasteiger partial charge is 0.306 e. The van der Waals surface area contributed by atoms with Crippen molar-refractivity contribution in [3.8, 4) is 0 Å². The summed E-state index contributed by atoms with van der Waals surface area (Å²) in [5, 5.41) is 0. The highest BCUT2D eigenvalue weighted by molar-refractivity contribution is 5.72. The molecule has 1 heterocycles. The average Bonchev–Trinajstić information content (AvgIpc) is 1.93. The van der Waals surface area contributed by atoms with Gasteiger partial charge in [0.05, 0.1) is 0 Å². The minimum Gasteiger partial charge on any atom is -0.306 e. The third-order valence-corrected chi connectivity index (χ3v) is 1.21. The SMILES string of the molecule is [NH]C(=O)Cn1ccccc1=O. The van der Waals surface area contributed by atoms with E-state index in [-0.39, 0.29) is 12.1 Å². The van der Waals surface area contributed by atoms with Crippen molar-refractivity contribution in [2.45, 2.75) is 6.54 Å². The quantitative estimate of drug-likeness (QED) is 0.580. The van der Waals surface area contributed by atoms with E-state index in [0.717, 1.165) is 0 Å². The molecule has 1 aromatic heterocycles. The van der Waals surface area contributed by atoms with E-state index in [4.69, 9.17) is 5.73 Å². The highest BCUT2D eigenvalue weighted by Crippen LogP contribution is 1.80. The maximum Gasteiger partial charge on any atom is 0.258 e. The lowest BCUT2D eigenvalue weighted by atomic mass is 10.4. The van der Waals surface area contributed by atoms with Gasteiger partial charge in [0.2, 0.25) is 0 Å². The minimum absolute atomic E-state index is 0.167. The third-order valence-electron chi connectivity index (χ3n) is 1.21. The Bertz CT molecular complexity index is 316. The monoisotopic (exact) mass is 151 g/mol. The molecular weight excluding hydrogens is 144 g/mol. The summed E-state index contributed by atoms with van der Waals surface area (Å²) in [6, 6.07) is 4.58. The van der Waals surface area contributed by atoms with Crippen LogP contribution in [-0.2, 0) is 11.3 Å². The summed E-state index contributed by atoms with van der Waals surface area (Å²) < 4.78 is 1.19. The fourth-order valence-electron chi connectivity index (χ4n) is 0.746. The van der Waals surface area contributed by atoms with Crippen LogP contribution in [-0.4, -0.2) is 10.5 Å². The Morgan fingerprint density at radius 1 is 1.55 bits per heavy atom. The predicted octanol–water partition coefficient (Wildman–Crippen LogP) is -0.342. The van der Waals surface area contributed by atoms with Crippen molar-refractivity contribution in [3.63, 3.8) is 0 Å². The first-order valence-corrected chi connectivity index (χ1v) is 3.10. The van der Waals surface area contributed by atoms with Crippen LogP contribution in [0.1, 0.15) is 0 Å². The van der Waals surface area contributed by atoms with E-state index in [9.17, 15) is 9.59 Å². The van der Waals surface area contributed by atoms with Gasteiger partial charge in [-0.1, -0.05) is 6.07 Å². The zero-order chi connectivity index (χ0) is 8.27. The Hall–Kier alpha value is -1.58. The molecule has 0 unspecified atom stereocenters. The molecule has 4 nitrogen and oxygen atoms in total. The summed E-state index contributed by atoms with van der Waals surface area (Å²) in [6.07, 6.45) is 1.48. The molecule has 57 valence electrons. The van der Waals surface area contributed by atoms with Gasteiger partial charge in [0.15, 0.2) is 0 Å². The molecule has 0 bridgehead atoms. The molecule has 0 saturated heterocycles. The van der Waals surface area contributed by atoms with Crippen LogP contribution in [0.4, 0.5) is 0 Å². The zero-order valence-electron chi connectivity index (χ0n) is 5.78. The maximum atomic E-state index is 10.9. The van der Waals surface area contributed by atoms with Crippen molar-refractivity contribution in [2.75, 3.05) is 0 Å². The van der Waals surface area contributed by atoms with Gasteiger partial charge in [-0.25, -0.2) is 0 Å². The van der Waals surface area contributed by atoms with Crippen LogP contribution in [0.2, 0.25) is 0 Å². The number of nitrogens with one attached hydrogen (secondary N) is 1. The number of rotatable bonds is 2. The smallest absolute Gasteiger partial charge is 0.258 e. The van der Waals surface area contributed by atoms with Crippen molar-refractivity contribution in [2.24, 2.45) is 0 Å². The summed E-state index contributed by atoms with van der Waals surface area (Å²) in [6.45, 7) is -0.167. The number of amides is 1. The molecule has 0 aliphatic heterocycles. The molecule has 0 atom stereocenters. The van der Waals surface area contributed by atoms with Crippen LogP contribution >= 0.6 is 0 Å². The maximum absolute atomic E-state index is 10.9. The number of pyridine rings is 1. The Kier molecular flexibility index (Phi) is 2.06. The molecule has 0 aliphatic carbocycles. The van der Waals surface area contributed by atoms with Crippen molar-refractivity contribution in [1.29, 1.82) is 0 Å². The minimum atomic E-state index is -0.765. The number of hydrogen-bond donors (Lipinski definition) is 0. The van der Waals surface area contributed by atoms with Gasteiger partial charge in [-0.3, -0.25) is 15.3 Å². The first kappa shape index (κ1) is 7.53. The van der Waals surface area contributed by atoms with Crippen LogP contribution in [0.15, 0.2) is 29.2 Å². The van der Waals surface area contributed by atoms with Crippen molar-refractivity contribution in [1.82, 2.24) is 10.3 Å². The molecule has 1 amide bonds. The molecule has 11 heavy (non-hydrogen) atoms. The fourth-order valence-corrected chi connectivity index (χ4v) is 0.746. The molecule has 0 spiro atoms. The molecule has 1 aromatic rings. The molecule has 0 aliphatic rings. The predicted molar refractivity (Wildman–Crippen MR) is 38.8 cm³/mol. The first-order chi connectivity index (χ1) is 5.20. The summed E-state index contributed by atoms with van der Waals surface area (Å²) >= 11 is 0. The van der Waals surface area contributed by atoms with Gasteiger partial charge >= 0.3 is 0 Å². The van der Waals surface area contributed by atoms with E-state index in [1.54, 1.807) is 12.1 Å². The number of hydrogen-bond acceptors (Lipinski definition) is 2. The Morgan fingerprint density at radius 2 is 2.27 bits per heavy atom. The Labute approximate surface area is 63.3 Å². The molecule has 0 aromatic carbocycles. The van der Waals surface area contributed by atoms with Crippen LogP contribution in [0.5, 0.6) is 0 Å². The van der Waals surface area contributed by atoms with E-state index < -0.39 is 5.91 Å². The van der Waals surface area contributed by atoms with Crippen molar-refractivity contribution >= 4 is 5.91 Å². The normalized spacial score (nSPS) is 9.45. The number of nitrogens with zero attached hydrogens (tertiary/aromatic N) is 1. The summed E-state index contributed by atoms with van der Waals surface area (Å²) in [5.41, 5.74) is 6.36. The molecular formula is C7H7N2O2. The van der Waals surface area contributed by atoms with Crippen molar-refractivity contribution in [3.05, 3.63) is 34.7 Å².